The molecule has 0 bridgehead atoms. The molecule has 0 aliphatic rings. The van der Waals surface area contributed by atoms with Gasteiger partial charge in [-0.2, -0.15) is 20.8 Å². The Morgan fingerprint density at radius 1 is 0.778 bits per heavy atom. The molecule has 0 saturated carbocycles. The Morgan fingerprint density at radius 2 is 1.17 bits per heavy atom. The molecule has 0 aromatic heterocycles. The van der Waals surface area contributed by atoms with Gasteiger partial charge in [0.25, 0.3) is 0 Å². The normalized spacial score (nSPS) is 14.0. The first-order valence-electron chi connectivity index (χ1n) is 6.92. The molecule has 0 fully saturated rings. The summed E-state index contributed by atoms with van der Waals surface area (Å²) < 4.78 is 0. The molecule has 0 spiro atoms. The van der Waals surface area contributed by atoms with E-state index in [1.54, 1.807) is 0 Å². The minimum absolute atomic E-state index is 0.177. The van der Waals surface area contributed by atoms with Gasteiger partial charge in [0.1, 0.15) is 0 Å². The van der Waals surface area contributed by atoms with Crippen molar-refractivity contribution in [3.05, 3.63) is 0 Å². The van der Waals surface area contributed by atoms with Gasteiger partial charge in [0, 0.05) is 12.8 Å². The van der Waals surface area contributed by atoms with Gasteiger partial charge >= 0.3 is 0 Å². The van der Waals surface area contributed by atoms with Crippen molar-refractivity contribution in [2.24, 2.45) is 10.2 Å². The summed E-state index contributed by atoms with van der Waals surface area (Å²) in [5.41, 5.74) is 0. The fraction of sp³-hybridized carbons (Fsp3) is 0.857. The smallest absolute Gasteiger partial charge is 0.0718 e. The number of azo groups is 1. The van der Waals surface area contributed by atoms with Gasteiger partial charge < -0.3 is 0 Å². The van der Waals surface area contributed by atoms with Gasteiger partial charge in [-0.1, -0.05) is 26.7 Å². The van der Waals surface area contributed by atoms with Crippen LogP contribution in [0.4, 0.5) is 0 Å². The third-order valence-electron chi connectivity index (χ3n) is 2.82. The van der Waals surface area contributed by atoms with Crippen LogP contribution in [-0.4, -0.2) is 12.1 Å². The van der Waals surface area contributed by atoms with E-state index in [1.807, 2.05) is 0 Å². The van der Waals surface area contributed by atoms with Crippen molar-refractivity contribution >= 4 is 0 Å². The molecule has 0 aliphatic carbocycles. The highest BCUT2D eigenvalue weighted by Gasteiger charge is 2.09. The van der Waals surface area contributed by atoms with Crippen LogP contribution in [0.25, 0.3) is 0 Å². The third kappa shape index (κ3) is 8.70. The maximum atomic E-state index is 8.60. The minimum atomic E-state index is 0.177. The van der Waals surface area contributed by atoms with Crippen LogP contribution in [0.2, 0.25) is 0 Å². The number of nitrogens with zero attached hydrogens (tertiary/aromatic N) is 4. The van der Waals surface area contributed by atoms with E-state index < -0.39 is 0 Å². The fourth-order valence-corrected chi connectivity index (χ4v) is 1.84. The lowest BCUT2D eigenvalue weighted by Gasteiger charge is -2.11. The molecule has 0 amide bonds. The second-order valence-electron chi connectivity index (χ2n) is 4.51. The molecule has 0 aromatic carbocycles. The molecule has 0 N–H and O–H groups in total. The number of nitriles is 2. The van der Waals surface area contributed by atoms with Crippen LogP contribution in [0.3, 0.4) is 0 Å². The van der Waals surface area contributed by atoms with Crippen molar-refractivity contribution in [2.75, 3.05) is 0 Å². The molecule has 0 saturated heterocycles. The predicted octanol–water partition coefficient (Wildman–Crippen LogP) is 4.38. The summed E-state index contributed by atoms with van der Waals surface area (Å²) in [6.07, 6.45) is 6.78. The molecule has 18 heavy (non-hydrogen) atoms. The quantitative estimate of drug-likeness (QED) is 0.538. The predicted molar refractivity (Wildman–Crippen MR) is 71.9 cm³/mol. The Morgan fingerprint density at radius 3 is 1.44 bits per heavy atom. The van der Waals surface area contributed by atoms with Crippen LogP contribution in [0.15, 0.2) is 10.2 Å². The average molecular weight is 248 g/mol. The van der Waals surface area contributed by atoms with Crippen LogP contribution < -0.4 is 0 Å². The average Bonchev–Trinajstić information content (AvgIpc) is 2.38. The molecule has 0 rings (SSSR count). The molecule has 0 heterocycles. The molecule has 2 atom stereocenters. The van der Waals surface area contributed by atoms with Crippen molar-refractivity contribution in [1.82, 2.24) is 0 Å². The van der Waals surface area contributed by atoms with E-state index in [1.165, 1.54) is 0 Å². The monoisotopic (exact) mass is 248 g/mol. The highest BCUT2D eigenvalue weighted by atomic mass is 15.1. The first-order valence-corrected chi connectivity index (χ1v) is 6.92. The number of rotatable bonds is 10. The molecular weight excluding hydrogens is 224 g/mol. The molecule has 100 valence electrons. The van der Waals surface area contributed by atoms with E-state index in [2.05, 4.69) is 36.2 Å². The van der Waals surface area contributed by atoms with Gasteiger partial charge in [0.15, 0.2) is 0 Å². The molecule has 0 radical (unpaired) electrons. The zero-order valence-electron chi connectivity index (χ0n) is 11.6. The summed E-state index contributed by atoms with van der Waals surface area (Å²) in [6.45, 7) is 4.24. The standard InChI is InChI=1S/C14H24N4/c1-3-7-13(9-5-11-15)17-18-14(8-4-2)10-6-12-16/h13-14H,3-10H2,1-2H3. The van der Waals surface area contributed by atoms with Gasteiger partial charge in [0.05, 0.1) is 24.2 Å². The molecule has 0 aliphatic heterocycles. The summed E-state index contributed by atoms with van der Waals surface area (Å²) in [5.74, 6) is 0. The van der Waals surface area contributed by atoms with Crippen LogP contribution in [-0.2, 0) is 0 Å². The van der Waals surface area contributed by atoms with Crippen molar-refractivity contribution < 1.29 is 0 Å². The van der Waals surface area contributed by atoms with Gasteiger partial charge in [0.2, 0.25) is 0 Å². The highest BCUT2D eigenvalue weighted by Crippen LogP contribution is 2.14. The fourth-order valence-electron chi connectivity index (χ4n) is 1.84. The van der Waals surface area contributed by atoms with Crippen LogP contribution in [0, 0.1) is 22.7 Å². The first kappa shape index (κ1) is 16.6. The minimum Gasteiger partial charge on any atom is -0.198 e. The molecule has 4 nitrogen and oxygen atoms in total. The van der Waals surface area contributed by atoms with E-state index in [9.17, 15) is 0 Å². The number of hydrogen-bond donors (Lipinski definition) is 0. The van der Waals surface area contributed by atoms with Crippen molar-refractivity contribution in [3.8, 4) is 12.1 Å². The summed E-state index contributed by atoms with van der Waals surface area (Å²) >= 11 is 0. The van der Waals surface area contributed by atoms with Crippen molar-refractivity contribution in [1.29, 1.82) is 10.5 Å². The van der Waals surface area contributed by atoms with Crippen LogP contribution in [0.5, 0.6) is 0 Å². The third-order valence-corrected chi connectivity index (χ3v) is 2.82. The Kier molecular flexibility index (Phi) is 11.1. The second kappa shape index (κ2) is 12.0. The van der Waals surface area contributed by atoms with Gasteiger partial charge in [-0.15, -0.1) is 0 Å². The van der Waals surface area contributed by atoms with Gasteiger partial charge in [-0.25, -0.2) is 0 Å². The summed E-state index contributed by atoms with van der Waals surface area (Å²) in [6, 6.07) is 4.67. The molecule has 0 aromatic rings. The van der Waals surface area contributed by atoms with Crippen molar-refractivity contribution in [3.63, 3.8) is 0 Å². The van der Waals surface area contributed by atoms with E-state index in [0.717, 1.165) is 38.5 Å². The summed E-state index contributed by atoms with van der Waals surface area (Å²) in [4.78, 5) is 0. The van der Waals surface area contributed by atoms with Crippen molar-refractivity contribution in [2.45, 2.75) is 77.3 Å². The first-order chi connectivity index (χ1) is 8.78. The largest absolute Gasteiger partial charge is 0.198 e. The zero-order chi connectivity index (χ0) is 13.6. The second-order valence-corrected chi connectivity index (χ2v) is 4.51. The van der Waals surface area contributed by atoms with Gasteiger partial charge in [-0.3, -0.25) is 0 Å². The van der Waals surface area contributed by atoms with E-state index >= 15 is 0 Å². The maximum absolute atomic E-state index is 8.60. The summed E-state index contributed by atoms with van der Waals surface area (Å²) in [5, 5.41) is 26.0. The maximum Gasteiger partial charge on any atom is 0.0718 e. The Bertz CT molecular complexity index is 268. The van der Waals surface area contributed by atoms with Crippen LogP contribution >= 0.6 is 0 Å². The lowest BCUT2D eigenvalue weighted by atomic mass is 10.1. The highest BCUT2D eigenvalue weighted by molar-refractivity contribution is 4.77. The van der Waals surface area contributed by atoms with E-state index in [4.69, 9.17) is 10.5 Å². The van der Waals surface area contributed by atoms with Crippen LogP contribution in [0.1, 0.15) is 65.2 Å². The zero-order valence-corrected chi connectivity index (χ0v) is 11.6. The Hall–Kier alpha value is -1.42. The lowest BCUT2D eigenvalue weighted by Crippen LogP contribution is -2.07. The van der Waals surface area contributed by atoms with E-state index in [0.29, 0.717) is 12.8 Å². The topological polar surface area (TPSA) is 72.3 Å². The number of hydrogen-bond acceptors (Lipinski definition) is 4. The molecular formula is C14H24N4. The van der Waals surface area contributed by atoms with Gasteiger partial charge in [-0.05, 0) is 25.7 Å². The lowest BCUT2D eigenvalue weighted by molar-refractivity contribution is 0.487. The van der Waals surface area contributed by atoms with E-state index in [-0.39, 0.29) is 12.1 Å². The SMILES string of the molecule is CCCC(CCC#N)N=NC(CCC)CCC#N. The summed E-state index contributed by atoms with van der Waals surface area (Å²) in [7, 11) is 0. The molecule has 2 unspecified atom stereocenters. The molecule has 4 heteroatoms. The Balaban J connectivity index is 4.29. The Labute approximate surface area is 111 Å².